The van der Waals surface area contributed by atoms with Crippen LogP contribution in [0.3, 0.4) is 0 Å². The minimum absolute atomic E-state index is 0.820. The van der Waals surface area contributed by atoms with Crippen LogP contribution in [0.5, 0.6) is 5.75 Å². The molecule has 2 nitrogen and oxygen atoms in total. The quantitative estimate of drug-likeness (QED) is 0.758. The highest BCUT2D eigenvalue weighted by Crippen LogP contribution is 2.27. The lowest BCUT2D eigenvalue weighted by Gasteiger charge is -2.17. The molecule has 0 aromatic heterocycles. The van der Waals surface area contributed by atoms with Crippen LogP contribution in [0.2, 0.25) is 0 Å². The zero-order valence-corrected chi connectivity index (χ0v) is 9.18. The van der Waals surface area contributed by atoms with Crippen molar-refractivity contribution in [3.63, 3.8) is 0 Å². The van der Waals surface area contributed by atoms with Crippen molar-refractivity contribution in [3.05, 3.63) is 30.3 Å². The second-order valence-electron chi connectivity index (χ2n) is 3.82. The number of aryl methyl sites for hydroxylation is 1. The number of benzene rings is 1. The maximum Gasteiger partial charge on any atom is 0.119 e. The lowest BCUT2D eigenvalue weighted by atomic mass is 10.0. The molecule has 0 saturated carbocycles. The van der Waals surface area contributed by atoms with Gasteiger partial charge in [-0.3, -0.25) is 0 Å². The van der Waals surface area contributed by atoms with E-state index in [1.165, 1.54) is 17.7 Å². The molecule has 0 unspecified atom stereocenters. The number of rotatable bonds is 4. The molecule has 80 valence electrons. The molecular weight excluding hydrogens is 186 g/mol. The van der Waals surface area contributed by atoms with Crippen LogP contribution in [0.15, 0.2) is 18.2 Å². The number of fused-ring (bicyclic) bond motifs is 1. The SMILES string of the molecule is CCCCOc1ccc2c(c1)CC[C]N2. The first-order valence-corrected chi connectivity index (χ1v) is 5.65. The van der Waals surface area contributed by atoms with Crippen LogP contribution in [0.25, 0.3) is 0 Å². The van der Waals surface area contributed by atoms with Crippen LogP contribution in [-0.4, -0.2) is 6.61 Å². The lowest BCUT2D eigenvalue weighted by Crippen LogP contribution is -2.07. The molecule has 1 heterocycles. The molecule has 0 saturated heterocycles. The zero-order chi connectivity index (χ0) is 10.5. The van der Waals surface area contributed by atoms with Crippen LogP contribution in [0.1, 0.15) is 31.7 Å². The highest BCUT2D eigenvalue weighted by Gasteiger charge is 2.09. The number of nitrogens with one attached hydrogen (secondary N) is 1. The topological polar surface area (TPSA) is 21.3 Å². The third-order valence-electron chi connectivity index (χ3n) is 2.59. The molecule has 0 spiro atoms. The van der Waals surface area contributed by atoms with Gasteiger partial charge in [-0.25, -0.2) is 0 Å². The average Bonchev–Trinajstić information content (AvgIpc) is 2.29. The van der Waals surface area contributed by atoms with E-state index in [0.717, 1.165) is 31.6 Å². The summed E-state index contributed by atoms with van der Waals surface area (Å²) in [5, 5.41) is 3.15. The average molecular weight is 203 g/mol. The smallest absolute Gasteiger partial charge is 0.119 e. The molecule has 2 rings (SSSR count). The third-order valence-corrected chi connectivity index (χ3v) is 2.59. The standard InChI is InChI=1S/C13H17NO/c1-2-3-9-15-12-6-7-13-11(10-12)5-4-8-14-13/h6-7,10,14H,2-5,9H2,1H3. The largest absolute Gasteiger partial charge is 0.494 e. The van der Waals surface area contributed by atoms with Gasteiger partial charge in [0.2, 0.25) is 0 Å². The van der Waals surface area contributed by atoms with E-state index >= 15 is 0 Å². The van der Waals surface area contributed by atoms with Crippen LogP contribution in [0, 0.1) is 6.54 Å². The summed E-state index contributed by atoms with van der Waals surface area (Å²) in [6.07, 6.45) is 4.34. The minimum atomic E-state index is 0.820. The van der Waals surface area contributed by atoms with Gasteiger partial charge < -0.3 is 10.1 Å². The van der Waals surface area contributed by atoms with Crippen LogP contribution in [0.4, 0.5) is 5.69 Å². The Balaban J connectivity index is 2.00. The Morgan fingerprint density at radius 1 is 1.47 bits per heavy atom. The van der Waals surface area contributed by atoms with Crippen molar-refractivity contribution in [2.24, 2.45) is 0 Å². The first kappa shape index (κ1) is 10.3. The second kappa shape index (κ2) is 5.06. The Labute approximate surface area is 91.6 Å². The summed E-state index contributed by atoms with van der Waals surface area (Å²) in [5.41, 5.74) is 2.51. The van der Waals surface area contributed by atoms with Gasteiger partial charge in [-0.1, -0.05) is 13.3 Å². The van der Waals surface area contributed by atoms with Crippen LogP contribution < -0.4 is 10.1 Å². The predicted octanol–water partition coefficient (Wildman–Crippen LogP) is 3.26. The van der Waals surface area contributed by atoms with Crippen LogP contribution in [-0.2, 0) is 6.42 Å². The normalized spacial score (nSPS) is 14.2. The molecule has 15 heavy (non-hydrogen) atoms. The maximum atomic E-state index is 5.66. The highest BCUT2D eigenvalue weighted by atomic mass is 16.5. The summed E-state index contributed by atoms with van der Waals surface area (Å²) in [7, 11) is 0. The maximum absolute atomic E-state index is 5.66. The van der Waals surface area contributed by atoms with Gasteiger partial charge in [0, 0.05) is 5.69 Å². The number of ether oxygens (including phenoxy) is 1. The molecular formula is C13H17NO. The van der Waals surface area contributed by atoms with Crippen LogP contribution >= 0.6 is 0 Å². The van der Waals surface area contributed by atoms with Crippen molar-refractivity contribution in [2.75, 3.05) is 11.9 Å². The number of anilines is 1. The fraction of sp³-hybridized carbons (Fsp3) is 0.462. The highest BCUT2D eigenvalue weighted by molar-refractivity contribution is 5.57. The molecule has 1 N–H and O–H groups in total. The van der Waals surface area contributed by atoms with Gasteiger partial charge in [0.05, 0.1) is 13.2 Å². The van der Waals surface area contributed by atoms with Gasteiger partial charge in [0.1, 0.15) is 5.75 Å². The van der Waals surface area contributed by atoms with Gasteiger partial charge in [-0.05, 0) is 43.0 Å². The summed E-state index contributed by atoms with van der Waals surface area (Å²) in [6.45, 7) is 6.11. The molecule has 0 fully saturated rings. The molecule has 1 aromatic rings. The molecule has 0 atom stereocenters. The van der Waals surface area contributed by atoms with E-state index in [4.69, 9.17) is 4.74 Å². The first-order chi connectivity index (χ1) is 7.40. The van der Waals surface area contributed by atoms with E-state index < -0.39 is 0 Å². The molecule has 0 aliphatic carbocycles. The summed E-state index contributed by atoms with van der Waals surface area (Å²) in [6, 6.07) is 6.23. The van der Waals surface area contributed by atoms with Gasteiger partial charge in [-0.15, -0.1) is 0 Å². The Kier molecular flexibility index (Phi) is 3.49. The van der Waals surface area contributed by atoms with E-state index in [1.807, 2.05) is 6.07 Å². The van der Waals surface area contributed by atoms with Crippen molar-refractivity contribution in [3.8, 4) is 5.75 Å². The number of hydrogen-bond donors (Lipinski definition) is 1. The Morgan fingerprint density at radius 2 is 2.40 bits per heavy atom. The van der Waals surface area contributed by atoms with E-state index in [0.29, 0.717) is 0 Å². The van der Waals surface area contributed by atoms with Crippen molar-refractivity contribution in [2.45, 2.75) is 32.6 Å². The summed E-state index contributed by atoms with van der Waals surface area (Å²) >= 11 is 0. The summed E-state index contributed by atoms with van der Waals surface area (Å²) in [4.78, 5) is 0. The summed E-state index contributed by atoms with van der Waals surface area (Å²) in [5.74, 6) is 0.992. The second-order valence-corrected chi connectivity index (χ2v) is 3.82. The monoisotopic (exact) mass is 203 g/mol. The molecule has 1 aliphatic heterocycles. The third kappa shape index (κ3) is 2.65. The fourth-order valence-corrected chi connectivity index (χ4v) is 1.68. The van der Waals surface area contributed by atoms with Gasteiger partial charge in [0.25, 0.3) is 0 Å². The molecule has 0 bridgehead atoms. The van der Waals surface area contributed by atoms with Crippen molar-refractivity contribution < 1.29 is 4.74 Å². The lowest BCUT2D eigenvalue weighted by molar-refractivity contribution is 0.309. The number of unbranched alkanes of at least 4 members (excludes halogenated alkanes) is 1. The van der Waals surface area contributed by atoms with Gasteiger partial charge in [0.15, 0.2) is 0 Å². The van der Waals surface area contributed by atoms with E-state index in [2.05, 4.69) is 30.9 Å². The van der Waals surface area contributed by atoms with Crippen molar-refractivity contribution in [1.82, 2.24) is 0 Å². The van der Waals surface area contributed by atoms with E-state index in [9.17, 15) is 0 Å². The predicted molar refractivity (Wildman–Crippen MR) is 62.0 cm³/mol. The van der Waals surface area contributed by atoms with Crippen molar-refractivity contribution in [1.29, 1.82) is 0 Å². The Hall–Kier alpha value is -1.18. The first-order valence-electron chi connectivity index (χ1n) is 5.65. The molecule has 2 heteroatoms. The molecule has 1 aliphatic rings. The van der Waals surface area contributed by atoms with Gasteiger partial charge in [-0.2, -0.15) is 0 Å². The minimum Gasteiger partial charge on any atom is -0.494 e. The number of hydrogen-bond acceptors (Lipinski definition) is 2. The Bertz CT molecular complexity index is 322. The van der Waals surface area contributed by atoms with Gasteiger partial charge >= 0.3 is 0 Å². The van der Waals surface area contributed by atoms with Crippen molar-refractivity contribution >= 4 is 5.69 Å². The van der Waals surface area contributed by atoms with E-state index in [1.54, 1.807) is 0 Å². The molecule has 2 radical (unpaired) electrons. The molecule has 0 amide bonds. The molecule has 1 aromatic carbocycles. The van der Waals surface area contributed by atoms with E-state index in [-0.39, 0.29) is 0 Å². The summed E-state index contributed by atoms with van der Waals surface area (Å²) < 4.78 is 5.66. The Morgan fingerprint density at radius 3 is 3.27 bits per heavy atom. The zero-order valence-electron chi connectivity index (χ0n) is 9.18. The fourth-order valence-electron chi connectivity index (χ4n) is 1.68.